The molecule has 0 radical (unpaired) electrons. The maximum atomic E-state index is 12.3. The lowest BCUT2D eigenvalue weighted by Gasteiger charge is -2.11. The monoisotopic (exact) mass is 375 g/mol. The largest absolute Gasteiger partial charge is 0.504 e. The lowest BCUT2D eigenvalue weighted by molar-refractivity contribution is 0.104. The van der Waals surface area contributed by atoms with Crippen LogP contribution in [0.15, 0.2) is 53.4 Å². The summed E-state index contributed by atoms with van der Waals surface area (Å²) in [5.41, 5.74) is 1.08. The van der Waals surface area contributed by atoms with Gasteiger partial charge in [-0.25, -0.2) is 12.7 Å². The summed E-state index contributed by atoms with van der Waals surface area (Å²) in [7, 11) is -0.623. The van der Waals surface area contributed by atoms with E-state index in [0.717, 1.165) is 4.31 Å². The van der Waals surface area contributed by atoms with E-state index in [1.54, 1.807) is 18.2 Å². The van der Waals surface area contributed by atoms with E-state index in [4.69, 9.17) is 4.74 Å². The molecule has 6 nitrogen and oxygen atoms in total. The first kappa shape index (κ1) is 19.7. The molecule has 0 unspecified atom stereocenters. The van der Waals surface area contributed by atoms with Gasteiger partial charge >= 0.3 is 0 Å². The van der Waals surface area contributed by atoms with Crippen molar-refractivity contribution in [3.63, 3.8) is 0 Å². The molecule has 7 heteroatoms. The van der Waals surface area contributed by atoms with E-state index in [0.29, 0.717) is 23.5 Å². The van der Waals surface area contributed by atoms with Crippen LogP contribution < -0.4 is 4.74 Å². The number of nitrogens with zero attached hydrogens (tertiary/aromatic N) is 1. The predicted molar refractivity (Wildman–Crippen MR) is 100.0 cm³/mol. The van der Waals surface area contributed by atoms with Gasteiger partial charge in [0.05, 0.1) is 11.5 Å². The molecule has 0 saturated heterocycles. The Morgan fingerprint density at radius 2 is 1.81 bits per heavy atom. The fraction of sp³-hybridized carbons (Fsp3) is 0.211. The molecular formula is C19H21NO5S. The summed E-state index contributed by atoms with van der Waals surface area (Å²) >= 11 is 0. The predicted octanol–water partition coefficient (Wildman–Crippen LogP) is 2.94. The number of carbonyl (C=O) groups is 1. The van der Waals surface area contributed by atoms with E-state index in [1.807, 2.05) is 6.92 Å². The molecule has 2 rings (SSSR count). The summed E-state index contributed by atoms with van der Waals surface area (Å²) in [5.74, 6) is 0.123. The Balaban J connectivity index is 2.17. The number of phenols is 1. The van der Waals surface area contributed by atoms with Gasteiger partial charge in [0.25, 0.3) is 0 Å². The first-order valence-corrected chi connectivity index (χ1v) is 9.40. The van der Waals surface area contributed by atoms with Crippen molar-refractivity contribution < 1.29 is 23.1 Å². The fourth-order valence-electron chi connectivity index (χ4n) is 2.18. The van der Waals surface area contributed by atoms with E-state index in [9.17, 15) is 18.3 Å². The summed E-state index contributed by atoms with van der Waals surface area (Å²) in [5, 5.41) is 9.68. The van der Waals surface area contributed by atoms with E-state index in [1.165, 1.54) is 50.5 Å². The van der Waals surface area contributed by atoms with E-state index in [-0.39, 0.29) is 16.4 Å². The highest BCUT2D eigenvalue weighted by molar-refractivity contribution is 7.89. The molecule has 26 heavy (non-hydrogen) atoms. The fourth-order valence-corrected chi connectivity index (χ4v) is 3.08. The van der Waals surface area contributed by atoms with Crippen LogP contribution in [-0.4, -0.2) is 44.3 Å². The van der Waals surface area contributed by atoms with Crippen molar-refractivity contribution in [1.82, 2.24) is 4.31 Å². The van der Waals surface area contributed by atoms with Gasteiger partial charge in [-0.15, -0.1) is 0 Å². The number of phenolic OH excluding ortho intramolecular Hbond substituents is 1. The van der Waals surface area contributed by atoms with Crippen LogP contribution in [0.3, 0.4) is 0 Å². The summed E-state index contributed by atoms with van der Waals surface area (Å²) in [4.78, 5) is 12.4. The van der Waals surface area contributed by atoms with Crippen molar-refractivity contribution in [2.75, 3.05) is 20.7 Å². The Hall–Kier alpha value is -2.64. The molecule has 0 atom stereocenters. The highest BCUT2D eigenvalue weighted by Gasteiger charge is 2.17. The number of hydrogen-bond donors (Lipinski definition) is 1. The van der Waals surface area contributed by atoms with Gasteiger partial charge < -0.3 is 9.84 Å². The molecule has 1 N–H and O–H groups in total. The topological polar surface area (TPSA) is 83.9 Å². The molecule has 0 aliphatic rings. The van der Waals surface area contributed by atoms with E-state index < -0.39 is 10.0 Å². The van der Waals surface area contributed by atoms with Crippen molar-refractivity contribution >= 4 is 21.9 Å². The van der Waals surface area contributed by atoms with Crippen LogP contribution in [0.25, 0.3) is 6.08 Å². The SMILES string of the molecule is CCOc1cc(/C=C/C(=O)c2ccc(S(=O)(=O)N(C)C)cc2)ccc1O. The van der Waals surface area contributed by atoms with Gasteiger partial charge in [0.1, 0.15) is 0 Å². The third kappa shape index (κ3) is 4.50. The standard InChI is InChI=1S/C19H21NO5S/c1-4-25-19-13-14(6-12-18(19)22)5-11-17(21)15-7-9-16(10-8-15)26(23,24)20(2)3/h5-13,22H,4H2,1-3H3/b11-5+. The van der Waals surface area contributed by atoms with Gasteiger partial charge in [-0.05, 0) is 55.0 Å². The number of carbonyl (C=O) groups excluding carboxylic acids is 1. The lowest BCUT2D eigenvalue weighted by Crippen LogP contribution is -2.22. The molecule has 0 aliphatic heterocycles. The van der Waals surface area contributed by atoms with E-state index in [2.05, 4.69) is 0 Å². The molecule has 138 valence electrons. The zero-order valence-electron chi connectivity index (χ0n) is 14.8. The van der Waals surface area contributed by atoms with Crippen LogP contribution in [-0.2, 0) is 10.0 Å². The molecule has 0 bridgehead atoms. The van der Waals surface area contributed by atoms with E-state index >= 15 is 0 Å². The van der Waals surface area contributed by atoms with Crippen molar-refractivity contribution in [3.8, 4) is 11.5 Å². The third-order valence-electron chi connectivity index (χ3n) is 3.63. The zero-order valence-corrected chi connectivity index (χ0v) is 15.7. The van der Waals surface area contributed by atoms with Gasteiger partial charge in [0, 0.05) is 19.7 Å². The van der Waals surface area contributed by atoms with Crippen LogP contribution in [0.1, 0.15) is 22.8 Å². The first-order valence-electron chi connectivity index (χ1n) is 7.96. The van der Waals surface area contributed by atoms with Crippen LogP contribution in [0, 0.1) is 0 Å². The third-order valence-corrected chi connectivity index (χ3v) is 5.46. The van der Waals surface area contributed by atoms with Crippen molar-refractivity contribution in [2.45, 2.75) is 11.8 Å². The normalized spacial score (nSPS) is 11.8. The molecule has 2 aromatic carbocycles. The van der Waals surface area contributed by atoms with Gasteiger partial charge in [0.15, 0.2) is 17.3 Å². The Kier molecular flexibility index (Phi) is 6.18. The lowest BCUT2D eigenvalue weighted by atomic mass is 10.1. The molecule has 0 saturated carbocycles. The van der Waals surface area contributed by atoms with Crippen LogP contribution in [0.4, 0.5) is 0 Å². The van der Waals surface area contributed by atoms with Gasteiger partial charge in [-0.2, -0.15) is 0 Å². The number of sulfonamides is 1. The number of hydrogen-bond acceptors (Lipinski definition) is 5. The molecule has 0 amide bonds. The number of ketones is 1. The van der Waals surface area contributed by atoms with Crippen molar-refractivity contribution in [1.29, 1.82) is 0 Å². The minimum Gasteiger partial charge on any atom is -0.504 e. The number of allylic oxidation sites excluding steroid dienone is 1. The molecule has 0 spiro atoms. The van der Waals surface area contributed by atoms with Crippen molar-refractivity contribution in [2.24, 2.45) is 0 Å². The summed E-state index contributed by atoms with van der Waals surface area (Å²) in [6.07, 6.45) is 2.99. The average Bonchev–Trinajstić information content (AvgIpc) is 2.62. The van der Waals surface area contributed by atoms with Crippen LogP contribution >= 0.6 is 0 Å². The average molecular weight is 375 g/mol. The maximum Gasteiger partial charge on any atom is 0.242 e. The Morgan fingerprint density at radius 1 is 1.15 bits per heavy atom. The summed E-state index contributed by atoms with van der Waals surface area (Å²) in [6.45, 7) is 2.23. The summed E-state index contributed by atoms with van der Waals surface area (Å²) < 4.78 is 30.5. The minimum atomic E-state index is -3.52. The quantitative estimate of drug-likeness (QED) is 0.594. The van der Waals surface area contributed by atoms with Gasteiger partial charge in [-0.1, -0.05) is 12.1 Å². The first-order chi connectivity index (χ1) is 12.3. The Bertz CT molecular complexity index is 915. The summed E-state index contributed by atoms with van der Waals surface area (Å²) in [6, 6.07) is 10.6. The van der Waals surface area contributed by atoms with Gasteiger partial charge in [0.2, 0.25) is 10.0 Å². The molecular weight excluding hydrogens is 354 g/mol. The molecule has 0 aliphatic carbocycles. The molecule has 2 aromatic rings. The highest BCUT2D eigenvalue weighted by atomic mass is 32.2. The number of ether oxygens (including phenoxy) is 1. The Labute approximate surface area is 153 Å². The van der Waals surface area contributed by atoms with Crippen molar-refractivity contribution in [3.05, 3.63) is 59.7 Å². The van der Waals surface area contributed by atoms with Gasteiger partial charge in [-0.3, -0.25) is 4.79 Å². The smallest absolute Gasteiger partial charge is 0.242 e. The number of rotatable bonds is 7. The molecule has 0 heterocycles. The molecule has 0 aromatic heterocycles. The Morgan fingerprint density at radius 3 is 2.38 bits per heavy atom. The van der Waals surface area contributed by atoms with Crippen LogP contribution in [0.2, 0.25) is 0 Å². The maximum absolute atomic E-state index is 12.3. The van der Waals surface area contributed by atoms with Crippen LogP contribution in [0.5, 0.6) is 11.5 Å². The highest BCUT2D eigenvalue weighted by Crippen LogP contribution is 2.27. The second-order valence-corrected chi connectivity index (χ2v) is 7.82. The second-order valence-electron chi connectivity index (χ2n) is 5.67. The molecule has 0 fully saturated rings. The minimum absolute atomic E-state index is 0.0352. The number of aromatic hydroxyl groups is 1. The number of benzene rings is 2. The zero-order chi connectivity index (χ0) is 19.3. The second kappa shape index (κ2) is 8.16.